The summed E-state index contributed by atoms with van der Waals surface area (Å²) in [4.78, 5) is 11.4. The Morgan fingerprint density at radius 1 is 1.15 bits per heavy atom. The molecule has 0 aliphatic carbocycles. The number of unbranched alkanes of at least 4 members (excludes halogenated alkanes) is 1. The second kappa shape index (κ2) is 7.89. The quantitative estimate of drug-likeness (QED) is 0.544. The summed E-state index contributed by atoms with van der Waals surface area (Å²) < 4.78 is 33.9. The third-order valence-corrected chi connectivity index (χ3v) is 4.58. The lowest BCUT2D eigenvalue weighted by Crippen LogP contribution is -2.08. The highest BCUT2D eigenvalue weighted by molar-refractivity contribution is 7.91. The van der Waals surface area contributed by atoms with Gasteiger partial charge in [-0.25, -0.2) is 8.42 Å². The summed E-state index contributed by atoms with van der Waals surface area (Å²) in [7, 11) is -1.78. The van der Waals surface area contributed by atoms with Gasteiger partial charge >= 0.3 is 5.97 Å². The van der Waals surface area contributed by atoms with Crippen molar-refractivity contribution in [3.8, 4) is 5.75 Å². The van der Waals surface area contributed by atoms with Crippen LogP contribution < -0.4 is 4.74 Å². The molecule has 0 fully saturated rings. The van der Waals surface area contributed by atoms with Gasteiger partial charge in [-0.05, 0) is 44.0 Å². The van der Waals surface area contributed by atoms with Gasteiger partial charge in [-0.1, -0.05) is 0 Å². The standard InChI is InChI=1S/C14H20O5S/c1-3-19-14(15)6-4-5-11-20(16,17)13-9-7-12(18-2)8-10-13/h7-10H,3-6,11H2,1-2H3. The number of methoxy groups -OCH3 is 1. The van der Waals surface area contributed by atoms with Crippen LogP contribution in [0, 0.1) is 0 Å². The van der Waals surface area contributed by atoms with Gasteiger partial charge in [0.25, 0.3) is 0 Å². The molecular weight excluding hydrogens is 280 g/mol. The predicted molar refractivity (Wildman–Crippen MR) is 75.5 cm³/mol. The number of hydrogen-bond donors (Lipinski definition) is 0. The van der Waals surface area contributed by atoms with Crippen LogP contribution in [0.25, 0.3) is 0 Å². The Labute approximate surface area is 119 Å². The van der Waals surface area contributed by atoms with Gasteiger partial charge in [-0.2, -0.15) is 0 Å². The average Bonchev–Trinajstić information content (AvgIpc) is 2.44. The Morgan fingerprint density at radius 2 is 1.80 bits per heavy atom. The highest BCUT2D eigenvalue weighted by Gasteiger charge is 2.14. The first-order chi connectivity index (χ1) is 9.49. The molecule has 0 radical (unpaired) electrons. The summed E-state index contributed by atoms with van der Waals surface area (Å²) >= 11 is 0. The average molecular weight is 300 g/mol. The maximum Gasteiger partial charge on any atom is 0.305 e. The fourth-order valence-corrected chi connectivity index (χ4v) is 3.07. The molecule has 0 amide bonds. The van der Waals surface area contributed by atoms with Crippen LogP contribution in [-0.4, -0.2) is 33.9 Å². The van der Waals surface area contributed by atoms with Gasteiger partial charge in [0.15, 0.2) is 9.84 Å². The van der Waals surface area contributed by atoms with Gasteiger partial charge in [0, 0.05) is 6.42 Å². The molecule has 5 nitrogen and oxygen atoms in total. The lowest BCUT2D eigenvalue weighted by atomic mass is 10.2. The first kappa shape index (κ1) is 16.5. The molecule has 1 aromatic carbocycles. The number of ether oxygens (including phenoxy) is 2. The van der Waals surface area contributed by atoms with Crippen LogP contribution in [0.4, 0.5) is 0 Å². The monoisotopic (exact) mass is 300 g/mol. The second-order valence-corrected chi connectivity index (χ2v) is 6.37. The summed E-state index contributed by atoms with van der Waals surface area (Å²) in [5, 5.41) is 0. The maximum atomic E-state index is 12.0. The Kier molecular flexibility index (Phi) is 6.51. The third kappa shape index (κ3) is 5.21. The molecule has 6 heteroatoms. The minimum absolute atomic E-state index is 0.0265. The highest BCUT2D eigenvalue weighted by Crippen LogP contribution is 2.17. The summed E-state index contributed by atoms with van der Waals surface area (Å²) in [6.45, 7) is 2.09. The van der Waals surface area contributed by atoms with Crippen molar-refractivity contribution >= 4 is 15.8 Å². The molecule has 0 N–H and O–H groups in total. The maximum absolute atomic E-state index is 12.0. The summed E-state index contributed by atoms with van der Waals surface area (Å²) in [6, 6.07) is 6.29. The van der Waals surface area contributed by atoms with Crippen molar-refractivity contribution in [1.82, 2.24) is 0 Å². The Bertz CT molecular complexity index is 519. The van der Waals surface area contributed by atoms with Crippen LogP contribution in [-0.2, 0) is 19.4 Å². The largest absolute Gasteiger partial charge is 0.497 e. The van der Waals surface area contributed by atoms with E-state index in [1.54, 1.807) is 19.1 Å². The molecular formula is C14H20O5S. The number of benzene rings is 1. The number of sulfone groups is 1. The number of carbonyl (C=O) groups is 1. The van der Waals surface area contributed by atoms with E-state index in [1.165, 1.54) is 19.2 Å². The van der Waals surface area contributed by atoms with E-state index in [4.69, 9.17) is 9.47 Å². The Balaban J connectivity index is 2.47. The van der Waals surface area contributed by atoms with Gasteiger partial charge in [0.2, 0.25) is 0 Å². The van der Waals surface area contributed by atoms with Crippen LogP contribution in [0.5, 0.6) is 5.75 Å². The van der Waals surface area contributed by atoms with Crippen LogP contribution in [0.15, 0.2) is 29.2 Å². The molecule has 0 aliphatic heterocycles. The first-order valence-corrected chi connectivity index (χ1v) is 8.17. The zero-order valence-electron chi connectivity index (χ0n) is 11.8. The Hall–Kier alpha value is -1.56. The molecule has 0 aliphatic rings. The molecule has 1 aromatic rings. The van der Waals surface area contributed by atoms with Crippen molar-refractivity contribution < 1.29 is 22.7 Å². The summed E-state index contributed by atoms with van der Waals surface area (Å²) in [6.07, 6.45) is 1.20. The van der Waals surface area contributed by atoms with Gasteiger partial charge in [0.05, 0.1) is 24.4 Å². The van der Waals surface area contributed by atoms with E-state index in [9.17, 15) is 13.2 Å². The van der Waals surface area contributed by atoms with E-state index in [0.717, 1.165) is 0 Å². The molecule has 0 saturated heterocycles. The molecule has 0 heterocycles. The molecule has 20 heavy (non-hydrogen) atoms. The van der Waals surface area contributed by atoms with E-state index in [1.807, 2.05) is 0 Å². The van der Waals surface area contributed by atoms with Crippen molar-refractivity contribution in [2.75, 3.05) is 19.5 Å². The minimum atomic E-state index is -3.30. The van der Waals surface area contributed by atoms with Gasteiger partial charge in [-0.15, -0.1) is 0 Å². The molecule has 1 rings (SSSR count). The zero-order valence-corrected chi connectivity index (χ0v) is 12.6. The number of hydrogen-bond acceptors (Lipinski definition) is 5. The lowest BCUT2D eigenvalue weighted by molar-refractivity contribution is -0.143. The van der Waals surface area contributed by atoms with Gasteiger partial charge in [-0.3, -0.25) is 4.79 Å². The van der Waals surface area contributed by atoms with Crippen molar-refractivity contribution in [3.05, 3.63) is 24.3 Å². The summed E-state index contributed by atoms with van der Waals surface area (Å²) in [5.41, 5.74) is 0. The molecule has 112 valence electrons. The third-order valence-electron chi connectivity index (χ3n) is 2.77. The molecule has 0 unspecified atom stereocenters. The summed E-state index contributed by atoms with van der Waals surface area (Å²) in [5.74, 6) is 0.360. The Morgan fingerprint density at radius 3 is 2.35 bits per heavy atom. The highest BCUT2D eigenvalue weighted by atomic mass is 32.2. The van der Waals surface area contributed by atoms with Crippen molar-refractivity contribution in [1.29, 1.82) is 0 Å². The van der Waals surface area contributed by atoms with Crippen LogP contribution in [0.1, 0.15) is 26.2 Å². The van der Waals surface area contributed by atoms with Gasteiger partial charge < -0.3 is 9.47 Å². The smallest absolute Gasteiger partial charge is 0.305 e. The topological polar surface area (TPSA) is 69.7 Å². The molecule has 0 spiro atoms. The van der Waals surface area contributed by atoms with E-state index < -0.39 is 9.84 Å². The predicted octanol–water partition coefficient (Wildman–Crippen LogP) is 2.20. The van der Waals surface area contributed by atoms with Crippen molar-refractivity contribution in [2.24, 2.45) is 0 Å². The molecule has 0 saturated carbocycles. The fraction of sp³-hybridized carbons (Fsp3) is 0.500. The SMILES string of the molecule is CCOC(=O)CCCCS(=O)(=O)c1ccc(OC)cc1. The normalized spacial score (nSPS) is 11.1. The van der Waals surface area contributed by atoms with Gasteiger partial charge in [0.1, 0.15) is 5.75 Å². The second-order valence-electron chi connectivity index (χ2n) is 4.26. The first-order valence-electron chi connectivity index (χ1n) is 6.52. The molecule has 0 atom stereocenters. The van der Waals surface area contributed by atoms with Crippen molar-refractivity contribution in [2.45, 2.75) is 31.1 Å². The molecule has 0 bridgehead atoms. The molecule has 0 aromatic heterocycles. The zero-order chi connectivity index (χ0) is 15.0. The van der Waals surface area contributed by atoms with E-state index in [0.29, 0.717) is 25.2 Å². The number of rotatable bonds is 8. The van der Waals surface area contributed by atoms with Crippen LogP contribution in [0.3, 0.4) is 0 Å². The van der Waals surface area contributed by atoms with Crippen molar-refractivity contribution in [3.63, 3.8) is 0 Å². The number of carbonyl (C=O) groups excluding carboxylic acids is 1. The van der Waals surface area contributed by atoms with E-state index in [-0.39, 0.29) is 23.0 Å². The number of esters is 1. The van der Waals surface area contributed by atoms with E-state index >= 15 is 0 Å². The van der Waals surface area contributed by atoms with Crippen LogP contribution in [0.2, 0.25) is 0 Å². The van der Waals surface area contributed by atoms with E-state index in [2.05, 4.69) is 0 Å². The lowest BCUT2D eigenvalue weighted by Gasteiger charge is -2.06. The van der Waals surface area contributed by atoms with Crippen LogP contribution >= 0.6 is 0 Å². The fourth-order valence-electron chi connectivity index (χ4n) is 1.70. The minimum Gasteiger partial charge on any atom is -0.497 e.